The van der Waals surface area contributed by atoms with Crippen LogP contribution in [0.3, 0.4) is 0 Å². The fourth-order valence-corrected chi connectivity index (χ4v) is 2.94. The number of hydrogen-bond acceptors (Lipinski definition) is 4. The number of aromatic nitrogens is 1. The summed E-state index contributed by atoms with van der Waals surface area (Å²) in [7, 11) is 0. The quantitative estimate of drug-likeness (QED) is 0.712. The minimum Gasteiger partial charge on any atom is -0.355 e. The van der Waals surface area contributed by atoms with Gasteiger partial charge < -0.3 is 10.6 Å². The molecule has 0 spiro atoms. The van der Waals surface area contributed by atoms with E-state index in [1.54, 1.807) is 6.92 Å². The van der Waals surface area contributed by atoms with Crippen molar-refractivity contribution in [1.82, 2.24) is 15.6 Å². The highest BCUT2D eigenvalue weighted by Gasteiger charge is 2.23. The van der Waals surface area contributed by atoms with Crippen molar-refractivity contribution < 1.29 is 4.79 Å². The Morgan fingerprint density at radius 3 is 2.64 bits per heavy atom. The molecule has 5 nitrogen and oxygen atoms in total. The molecule has 0 aromatic carbocycles. The Morgan fingerprint density at radius 2 is 1.92 bits per heavy atom. The van der Waals surface area contributed by atoms with Crippen LogP contribution in [0.4, 0.5) is 5.82 Å². The van der Waals surface area contributed by atoms with Gasteiger partial charge >= 0.3 is 0 Å². The zero-order valence-corrected chi connectivity index (χ0v) is 16.1. The van der Waals surface area contributed by atoms with E-state index >= 15 is 0 Å². The number of carbonyl (C=O) groups is 1. The topological polar surface area (TPSA) is 66.4 Å². The number of pyridine rings is 1. The van der Waals surface area contributed by atoms with Crippen LogP contribution in [0, 0.1) is 5.41 Å². The Kier molecular flexibility index (Phi) is 7.12. The van der Waals surface area contributed by atoms with Gasteiger partial charge in [-0.1, -0.05) is 26.8 Å². The maximum absolute atomic E-state index is 10.8. The lowest BCUT2D eigenvalue weighted by Crippen LogP contribution is -2.30. The van der Waals surface area contributed by atoms with E-state index in [0.29, 0.717) is 6.54 Å². The Balaban J connectivity index is 1.76. The molecule has 0 aliphatic carbocycles. The average Bonchev–Trinajstić information content (AvgIpc) is 2.55. The Hall–Kier alpha value is -1.75. The maximum Gasteiger partial charge on any atom is 0.216 e. The molecule has 5 heteroatoms. The molecule has 0 atom stereocenters. The van der Waals surface area contributed by atoms with Crippen LogP contribution in [-0.2, 0) is 17.6 Å². The van der Waals surface area contributed by atoms with Crippen LogP contribution in [0.1, 0.15) is 58.2 Å². The SMILES string of the molecule is CC(=O)NCCNCCCCc1ccc2c(n1)N=C(C(C)(C)C)CC2. The molecule has 1 aliphatic heterocycles. The summed E-state index contributed by atoms with van der Waals surface area (Å²) in [6.07, 6.45) is 5.30. The highest BCUT2D eigenvalue weighted by molar-refractivity contribution is 5.92. The van der Waals surface area contributed by atoms with E-state index in [2.05, 4.69) is 43.5 Å². The molecule has 2 rings (SSSR count). The minimum absolute atomic E-state index is 0.0255. The van der Waals surface area contributed by atoms with Gasteiger partial charge in [-0.25, -0.2) is 9.98 Å². The molecule has 0 saturated carbocycles. The highest BCUT2D eigenvalue weighted by atomic mass is 16.1. The van der Waals surface area contributed by atoms with Crippen LogP contribution < -0.4 is 10.6 Å². The summed E-state index contributed by atoms with van der Waals surface area (Å²) in [4.78, 5) is 20.4. The van der Waals surface area contributed by atoms with Crippen molar-refractivity contribution in [3.05, 3.63) is 23.4 Å². The first kappa shape index (κ1) is 19.6. The van der Waals surface area contributed by atoms with E-state index in [-0.39, 0.29) is 11.3 Å². The van der Waals surface area contributed by atoms with Crippen LogP contribution in [0.5, 0.6) is 0 Å². The second-order valence-corrected chi connectivity index (χ2v) is 7.78. The van der Waals surface area contributed by atoms with Crippen LogP contribution in [0.25, 0.3) is 0 Å². The monoisotopic (exact) mass is 344 g/mol. The molecule has 2 heterocycles. The number of fused-ring (bicyclic) bond motifs is 1. The molecule has 0 saturated heterocycles. The predicted octanol–water partition coefficient (Wildman–Crippen LogP) is 3.19. The van der Waals surface area contributed by atoms with Gasteiger partial charge in [0.05, 0.1) is 0 Å². The van der Waals surface area contributed by atoms with Gasteiger partial charge in [0.1, 0.15) is 0 Å². The summed E-state index contributed by atoms with van der Waals surface area (Å²) in [5, 5.41) is 6.12. The Morgan fingerprint density at radius 1 is 1.12 bits per heavy atom. The number of rotatable bonds is 8. The van der Waals surface area contributed by atoms with Gasteiger partial charge in [0.25, 0.3) is 0 Å². The number of aliphatic imine (C=N–C) groups is 1. The zero-order chi connectivity index (χ0) is 18.3. The molecular weight excluding hydrogens is 312 g/mol. The molecule has 1 amide bonds. The second-order valence-electron chi connectivity index (χ2n) is 7.78. The van der Waals surface area contributed by atoms with Gasteiger partial charge in [0.2, 0.25) is 5.91 Å². The molecule has 138 valence electrons. The lowest BCUT2D eigenvalue weighted by atomic mass is 9.85. The number of nitrogens with zero attached hydrogens (tertiary/aromatic N) is 2. The molecule has 1 aliphatic rings. The summed E-state index contributed by atoms with van der Waals surface area (Å²) in [5.74, 6) is 0.958. The summed E-state index contributed by atoms with van der Waals surface area (Å²) in [5.41, 5.74) is 3.79. The number of nitrogens with one attached hydrogen (secondary N) is 2. The smallest absolute Gasteiger partial charge is 0.216 e. The third-order valence-electron chi connectivity index (χ3n) is 4.46. The van der Waals surface area contributed by atoms with Gasteiger partial charge in [-0.2, -0.15) is 0 Å². The van der Waals surface area contributed by atoms with Crippen molar-refractivity contribution >= 4 is 17.4 Å². The van der Waals surface area contributed by atoms with Crippen LogP contribution >= 0.6 is 0 Å². The molecule has 0 unspecified atom stereocenters. The first-order valence-electron chi connectivity index (χ1n) is 9.38. The third-order valence-corrected chi connectivity index (χ3v) is 4.46. The largest absolute Gasteiger partial charge is 0.355 e. The third kappa shape index (κ3) is 6.58. The van der Waals surface area contributed by atoms with E-state index in [0.717, 1.165) is 56.7 Å². The van der Waals surface area contributed by atoms with Crippen molar-refractivity contribution in [1.29, 1.82) is 0 Å². The van der Waals surface area contributed by atoms with Crippen LogP contribution in [0.15, 0.2) is 17.1 Å². The maximum atomic E-state index is 10.8. The number of carbonyl (C=O) groups excluding carboxylic acids is 1. The number of aryl methyl sites for hydroxylation is 2. The lowest BCUT2D eigenvalue weighted by molar-refractivity contribution is -0.118. The van der Waals surface area contributed by atoms with Crippen molar-refractivity contribution in [3.63, 3.8) is 0 Å². The Labute approximate surface area is 151 Å². The van der Waals surface area contributed by atoms with Gasteiger partial charge in [-0.3, -0.25) is 4.79 Å². The molecule has 0 radical (unpaired) electrons. The molecule has 2 N–H and O–H groups in total. The van der Waals surface area contributed by atoms with E-state index in [1.807, 2.05) is 0 Å². The molecule has 0 fully saturated rings. The molecule has 1 aromatic heterocycles. The summed E-state index contributed by atoms with van der Waals surface area (Å²) in [6.45, 7) is 10.7. The molecular formula is C20H32N4O. The average molecular weight is 345 g/mol. The van der Waals surface area contributed by atoms with Crippen molar-refractivity contribution in [2.45, 2.75) is 59.8 Å². The van der Waals surface area contributed by atoms with Crippen LogP contribution in [-0.4, -0.2) is 36.2 Å². The lowest BCUT2D eigenvalue weighted by Gasteiger charge is -2.25. The summed E-state index contributed by atoms with van der Waals surface area (Å²) in [6, 6.07) is 4.35. The standard InChI is InChI=1S/C20H32N4O/c1-15(25)22-14-13-21-12-6-5-7-17-10-8-16-9-11-18(20(2,3)4)24-19(16)23-17/h8,10,21H,5-7,9,11-14H2,1-4H3,(H,22,25). The number of hydrogen-bond donors (Lipinski definition) is 2. The molecule has 1 aromatic rings. The van der Waals surface area contributed by atoms with Crippen LogP contribution in [0.2, 0.25) is 0 Å². The summed E-state index contributed by atoms with van der Waals surface area (Å²) < 4.78 is 0. The first-order chi connectivity index (χ1) is 11.9. The van der Waals surface area contributed by atoms with E-state index in [1.165, 1.54) is 11.3 Å². The van der Waals surface area contributed by atoms with Crippen molar-refractivity contribution in [2.24, 2.45) is 10.4 Å². The Bertz CT molecular complexity index is 617. The fourth-order valence-electron chi connectivity index (χ4n) is 2.94. The predicted molar refractivity (Wildman–Crippen MR) is 104 cm³/mol. The van der Waals surface area contributed by atoms with E-state index < -0.39 is 0 Å². The number of unbranched alkanes of at least 4 members (excludes halogenated alkanes) is 1. The summed E-state index contributed by atoms with van der Waals surface area (Å²) >= 11 is 0. The normalized spacial score (nSPS) is 14.0. The van der Waals surface area contributed by atoms with E-state index in [9.17, 15) is 4.79 Å². The van der Waals surface area contributed by atoms with Gasteiger partial charge in [0, 0.05) is 36.8 Å². The molecule has 0 bridgehead atoms. The molecule has 25 heavy (non-hydrogen) atoms. The van der Waals surface area contributed by atoms with Crippen molar-refractivity contribution in [2.75, 3.05) is 19.6 Å². The fraction of sp³-hybridized carbons (Fsp3) is 0.650. The zero-order valence-electron chi connectivity index (χ0n) is 16.1. The van der Waals surface area contributed by atoms with Gasteiger partial charge in [-0.05, 0) is 50.3 Å². The first-order valence-corrected chi connectivity index (χ1v) is 9.38. The van der Waals surface area contributed by atoms with Gasteiger partial charge in [0.15, 0.2) is 5.82 Å². The van der Waals surface area contributed by atoms with Crippen molar-refractivity contribution in [3.8, 4) is 0 Å². The second kappa shape index (κ2) is 9.09. The number of amides is 1. The minimum atomic E-state index is 0.0255. The van der Waals surface area contributed by atoms with E-state index in [4.69, 9.17) is 9.98 Å². The van der Waals surface area contributed by atoms with Gasteiger partial charge in [-0.15, -0.1) is 0 Å². The highest BCUT2D eigenvalue weighted by Crippen LogP contribution is 2.30.